The summed E-state index contributed by atoms with van der Waals surface area (Å²) in [6.07, 6.45) is 3.16. The SMILES string of the molecule is O=C1CN(S(=O)(=O)c2cccc(C(=O)NCC3(c4ccccc4)CCC3)c2)CCN1. The quantitative estimate of drug-likeness (QED) is 0.733. The largest absolute Gasteiger partial charge is 0.354 e. The molecule has 1 saturated heterocycles. The van der Waals surface area contributed by atoms with E-state index in [1.807, 2.05) is 18.2 Å². The van der Waals surface area contributed by atoms with E-state index in [9.17, 15) is 18.0 Å². The second-order valence-corrected chi connectivity index (χ2v) is 9.84. The lowest BCUT2D eigenvalue weighted by Gasteiger charge is -2.42. The lowest BCUT2D eigenvalue weighted by molar-refractivity contribution is -0.122. The summed E-state index contributed by atoms with van der Waals surface area (Å²) in [4.78, 5) is 24.4. The van der Waals surface area contributed by atoms with Crippen LogP contribution in [0.5, 0.6) is 0 Å². The molecule has 2 aromatic rings. The van der Waals surface area contributed by atoms with Gasteiger partial charge in [-0.1, -0.05) is 42.8 Å². The molecule has 0 bridgehead atoms. The molecule has 4 rings (SSSR count). The molecular formula is C22H25N3O4S. The highest BCUT2D eigenvalue weighted by molar-refractivity contribution is 7.89. The van der Waals surface area contributed by atoms with E-state index in [-0.39, 0.29) is 41.8 Å². The van der Waals surface area contributed by atoms with Crippen LogP contribution < -0.4 is 10.6 Å². The number of nitrogens with one attached hydrogen (secondary N) is 2. The number of hydrogen-bond donors (Lipinski definition) is 2. The Kier molecular flexibility index (Phi) is 5.62. The number of carbonyl (C=O) groups is 2. The van der Waals surface area contributed by atoms with Gasteiger partial charge in [0.25, 0.3) is 5.91 Å². The summed E-state index contributed by atoms with van der Waals surface area (Å²) in [5.41, 5.74) is 1.46. The second-order valence-electron chi connectivity index (χ2n) is 7.90. The van der Waals surface area contributed by atoms with Crippen molar-refractivity contribution >= 4 is 21.8 Å². The Bertz CT molecular complexity index is 1050. The fourth-order valence-corrected chi connectivity index (χ4v) is 5.52. The van der Waals surface area contributed by atoms with Gasteiger partial charge in [0.1, 0.15) is 0 Å². The Morgan fingerprint density at radius 3 is 2.53 bits per heavy atom. The summed E-state index contributed by atoms with van der Waals surface area (Å²) in [6.45, 7) is 0.793. The predicted molar refractivity (Wildman–Crippen MR) is 113 cm³/mol. The summed E-state index contributed by atoms with van der Waals surface area (Å²) in [5, 5.41) is 5.61. The van der Waals surface area contributed by atoms with E-state index in [1.165, 1.54) is 17.7 Å². The van der Waals surface area contributed by atoms with Gasteiger partial charge in [0, 0.05) is 30.6 Å². The smallest absolute Gasteiger partial charge is 0.251 e. The zero-order chi connectivity index (χ0) is 21.2. The zero-order valence-corrected chi connectivity index (χ0v) is 17.5. The lowest BCUT2D eigenvalue weighted by Crippen LogP contribution is -2.49. The zero-order valence-electron chi connectivity index (χ0n) is 16.6. The fraction of sp³-hybridized carbons (Fsp3) is 0.364. The molecule has 158 valence electrons. The fourth-order valence-electron chi connectivity index (χ4n) is 4.08. The van der Waals surface area contributed by atoms with E-state index < -0.39 is 10.0 Å². The summed E-state index contributed by atoms with van der Waals surface area (Å²) in [6, 6.07) is 16.2. The van der Waals surface area contributed by atoms with Crippen molar-refractivity contribution in [2.45, 2.75) is 29.6 Å². The molecule has 2 fully saturated rings. The third-order valence-electron chi connectivity index (χ3n) is 6.02. The first kappa shape index (κ1) is 20.6. The predicted octanol–water partition coefficient (Wildman–Crippen LogP) is 1.66. The van der Waals surface area contributed by atoms with Crippen LogP contribution in [0.15, 0.2) is 59.5 Å². The molecule has 2 aromatic carbocycles. The monoisotopic (exact) mass is 427 g/mol. The summed E-state index contributed by atoms with van der Waals surface area (Å²) < 4.78 is 26.9. The van der Waals surface area contributed by atoms with Gasteiger partial charge in [-0.3, -0.25) is 9.59 Å². The van der Waals surface area contributed by atoms with Crippen molar-refractivity contribution in [3.8, 4) is 0 Å². The molecule has 2 aliphatic rings. The van der Waals surface area contributed by atoms with Gasteiger partial charge in [-0.15, -0.1) is 0 Å². The number of amides is 2. The minimum Gasteiger partial charge on any atom is -0.354 e. The Morgan fingerprint density at radius 2 is 1.87 bits per heavy atom. The standard InChI is InChI=1S/C22H25N3O4S/c26-20-15-25(13-12-23-20)30(28,29)19-9-4-6-17(14-19)21(27)24-16-22(10-5-11-22)18-7-2-1-3-8-18/h1-4,6-9,14H,5,10-13,15-16H2,(H,23,26)(H,24,27). The number of rotatable bonds is 6. The third-order valence-corrected chi connectivity index (χ3v) is 7.86. The minimum absolute atomic E-state index is 0.0197. The topological polar surface area (TPSA) is 95.6 Å². The minimum atomic E-state index is -3.84. The normalized spacial score (nSPS) is 18.9. The van der Waals surface area contributed by atoms with Crippen molar-refractivity contribution in [2.24, 2.45) is 0 Å². The van der Waals surface area contributed by atoms with Crippen LogP contribution in [0.4, 0.5) is 0 Å². The Morgan fingerprint density at radius 1 is 1.10 bits per heavy atom. The Hall–Kier alpha value is -2.71. The van der Waals surface area contributed by atoms with Crippen molar-refractivity contribution < 1.29 is 18.0 Å². The van der Waals surface area contributed by atoms with E-state index in [1.54, 1.807) is 12.1 Å². The molecule has 1 aliphatic heterocycles. The van der Waals surface area contributed by atoms with Gasteiger partial charge >= 0.3 is 0 Å². The maximum Gasteiger partial charge on any atom is 0.251 e. The van der Waals surface area contributed by atoms with Crippen LogP contribution in [-0.2, 0) is 20.2 Å². The number of carbonyl (C=O) groups excluding carboxylic acids is 2. The van der Waals surface area contributed by atoms with Gasteiger partial charge in [-0.25, -0.2) is 8.42 Å². The van der Waals surface area contributed by atoms with Gasteiger partial charge in [0.05, 0.1) is 11.4 Å². The Balaban J connectivity index is 1.48. The molecule has 0 unspecified atom stereocenters. The number of hydrogen-bond acceptors (Lipinski definition) is 4. The average molecular weight is 428 g/mol. The molecule has 7 nitrogen and oxygen atoms in total. The first-order valence-corrected chi connectivity index (χ1v) is 11.6. The summed E-state index contributed by atoms with van der Waals surface area (Å²) >= 11 is 0. The van der Waals surface area contributed by atoms with Crippen LogP contribution in [0.1, 0.15) is 35.2 Å². The first-order chi connectivity index (χ1) is 14.4. The molecule has 1 saturated carbocycles. The van der Waals surface area contributed by atoms with Gasteiger partial charge < -0.3 is 10.6 Å². The van der Waals surface area contributed by atoms with Crippen LogP contribution in [-0.4, -0.2) is 50.7 Å². The van der Waals surface area contributed by atoms with Crippen LogP contribution in [0.25, 0.3) is 0 Å². The number of nitrogens with zero attached hydrogens (tertiary/aromatic N) is 1. The number of piperazine rings is 1. The molecule has 0 aromatic heterocycles. The molecule has 0 spiro atoms. The maximum absolute atomic E-state index is 12.9. The molecule has 2 amide bonds. The molecule has 1 heterocycles. The lowest BCUT2D eigenvalue weighted by atomic mass is 9.64. The number of sulfonamides is 1. The second kappa shape index (κ2) is 8.20. The Labute approximate surface area is 176 Å². The van der Waals surface area contributed by atoms with Gasteiger partial charge in [0.15, 0.2) is 0 Å². The van der Waals surface area contributed by atoms with E-state index in [0.717, 1.165) is 23.6 Å². The van der Waals surface area contributed by atoms with E-state index in [4.69, 9.17) is 0 Å². The maximum atomic E-state index is 12.9. The van der Waals surface area contributed by atoms with Crippen molar-refractivity contribution in [3.05, 3.63) is 65.7 Å². The molecule has 1 aliphatic carbocycles. The molecule has 0 atom stereocenters. The van der Waals surface area contributed by atoms with Gasteiger partial charge in [-0.2, -0.15) is 4.31 Å². The van der Waals surface area contributed by atoms with Gasteiger partial charge in [-0.05, 0) is 36.6 Å². The van der Waals surface area contributed by atoms with E-state index in [2.05, 4.69) is 22.8 Å². The van der Waals surface area contributed by atoms with Crippen LogP contribution >= 0.6 is 0 Å². The molecule has 30 heavy (non-hydrogen) atoms. The molecular weight excluding hydrogens is 402 g/mol. The van der Waals surface area contributed by atoms with Gasteiger partial charge in [0.2, 0.25) is 15.9 Å². The van der Waals surface area contributed by atoms with E-state index in [0.29, 0.717) is 12.1 Å². The average Bonchev–Trinajstić information content (AvgIpc) is 2.74. The third kappa shape index (κ3) is 3.97. The van der Waals surface area contributed by atoms with Crippen molar-refractivity contribution in [1.29, 1.82) is 0 Å². The van der Waals surface area contributed by atoms with Crippen molar-refractivity contribution in [2.75, 3.05) is 26.2 Å². The summed E-state index contributed by atoms with van der Waals surface area (Å²) in [5.74, 6) is -0.629. The highest BCUT2D eigenvalue weighted by Crippen LogP contribution is 2.43. The van der Waals surface area contributed by atoms with Crippen LogP contribution in [0.3, 0.4) is 0 Å². The van der Waals surface area contributed by atoms with Crippen LogP contribution in [0.2, 0.25) is 0 Å². The number of benzene rings is 2. The highest BCUT2D eigenvalue weighted by atomic mass is 32.2. The highest BCUT2D eigenvalue weighted by Gasteiger charge is 2.38. The van der Waals surface area contributed by atoms with Crippen molar-refractivity contribution in [3.63, 3.8) is 0 Å². The van der Waals surface area contributed by atoms with Crippen LogP contribution in [0, 0.1) is 0 Å². The first-order valence-electron chi connectivity index (χ1n) is 10.1. The molecule has 0 radical (unpaired) electrons. The molecule has 2 N–H and O–H groups in total. The van der Waals surface area contributed by atoms with Crippen molar-refractivity contribution in [1.82, 2.24) is 14.9 Å². The molecule has 8 heteroatoms. The van der Waals surface area contributed by atoms with E-state index >= 15 is 0 Å². The summed E-state index contributed by atoms with van der Waals surface area (Å²) in [7, 11) is -3.84.